The minimum absolute atomic E-state index is 0.0256. The number of allylic oxidation sites excluding steroid dienone is 2. The maximum absolute atomic E-state index is 11.4. The molecule has 2 saturated carbocycles. The van der Waals surface area contributed by atoms with Crippen LogP contribution in [0.4, 0.5) is 0 Å². The van der Waals surface area contributed by atoms with Crippen LogP contribution in [0.25, 0.3) is 0 Å². The van der Waals surface area contributed by atoms with Gasteiger partial charge in [-0.25, -0.2) is 0 Å². The molecule has 0 heterocycles. The first kappa shape index (κ1) is 10.4. The molecule has 0 radical (unpaired) electrons. The van der Waals surface area contributed by atoms with Gasteiger partial charge in [0.1, 0.15) is 0 Å². The van der Waals surface area contributed by atoms with Gasteiger partial charge in [0.2, 0.25) is 0 Å². The second-order valence-corrected chi connectivity index (χ2v) is 5.20. The molecule has 2 rings (SSSR count). The second kappa shape index (κ2) is 3.19. The van der Waals surface area contributed by atoms with E-state index in [-0.39, 0.29) is 29.0 Å². The number of aliphatic carboxylic acids is 1. The maximum atomic E-state index is 11.4. The average molecular weight is 208 g/mol. The summed E-state index contributed by atoms with van der Waals surface area (Å²) in [5.74, 6) is -0.653. The molecule has 0 amide bonds. The minimum Gasteiger partial charge on any atom is -0.481 e. The molecule has 0 bridgehead atoms. The molecular formula is C12H16O3. The number of ketones is 1. The lowest BCUT2D eigenvalue weighted by molar-refractivity contribution is -0.139. The van der Waals surface area contributed by atoms with Gasteiger partial charge in [0, 0.05) is 5.92 Å². The Bertz CT molecular complexity index is 337. The first-order valence-corrected chi connectivity index (χ1v) is 5.39. The predicted octanol–water partition coefficient (Wildman–Crippen LogP) is 1.88. The highest BCUT2D eigenvalue weighted by molar-refractivity contribution is 5.93. The topological polar surface area (TPSA) is 54.4 Å². The normalized spacial score (nSPS) is 32.9. The van der Waals surface area contributed by atoms with Crippen molar-refractivity contribution in [2.24, 2.45) is 23.2 Å². The van der Waals surface area contributed by atoms with E-state index >= 15 is 0 Å². The van der Waals surface area contributed by atoms with Crippen LogP contribution < -0.4 is 0 Å². The number of carboxylic acids is 1. The van der Waals surface area contributed by atoms with E-state index in [0.29, 0.717) is 0 Å². The van der Waals surface area contributed by atoms with Crippen LogP contribution in [-0.4, -0.2) is 16.9 Å². The molecule has 0 aromatic rings. The summed E-state index contributed by atoms with van der Waals surface area (Å²) in [6.45, 7) is 3.87. The fourth-order valence-electron chi connectivity index (χ4n) is 2.21. The Labute approximate surface area is 89.2 Å². The molecule has 0 aromatic carbocycles. The molecule has 15 heavy (non-hydrogen) atoms. The quantitative estimate of drug-likeness (QED) is 0.718. The summed E-state index contributed by atoms with van der Waals surface area (Å²) in [6.07, 6.45) is 5.38. The molecule has 82 valence electrons. The zero-order chi connectivity index (χ0) is 11.2. The lowest BCUT2D eigenvalue weighted by Crippen LogP contribution is -2.03. The van der Waals surface area contributed by atoms with Crippen molar-refractivity contribution in [3.8, 4) is 0 Å². The smallest absolute Gasteiger partial charge is 0.307 e. The highest BCUT2D eigenvalue weighted by Gasteiger charge is 2.60. The van der Waals surface area contributed by atoms with Crippen molar-refractivity contribution in [3.05, 3.63) is 12.2 Å². The summed E-state index contributed by atoms with van der Waals surface area (Å²) >= 11 is 0. The van der Waals surface area contributed by atoms with Crippen molar-refractivity contribution in [2.75, 3.05) is 0 Å². The average Bonchev–Trinajstić information content (AvgIpc) is 2.96. The molecule has 2 atom stereocenters. The lowest BCUT2D eigenvalue weighted by atomic mass is 10.1. The predicted molar refractivity (Wildman–Crippen MR) is 55.3 cm³/mol. The molecule has 0 aliphatic heterocycles. The third kappa shape index (κ3) is 1.83. The van der Waals surface area contributed by atoms with Crippen LogP contribution in [0.15, 0.2) is 12.2 Å². The number of hydrogen-bond donors (Lipinski definition) is 1. The first-order valence-electron chi connectivity index (χ1n) is 5.39. The van der Waals surface area contributed by atoms with E-state index in [1.807, 2.05) is 13.8 Å². The van der Waals surface area contributed by atoms with Crippen molar-refractivity contribution >= 4 is 11.8 Å². The maximum Gasteiger partial charge on any atom is 0.307 e. The Morgan fingerprint density at radius 3 is 2.33 bits per heavy atom. The Morgan fingerprint density at radius 1 is 1.33 bits per heavy atom. The van der Waals surface area contributed by atoms with E-state index < -0.39 is 5.97 Å². The van der Waals surface area contributed by atoms with Gasteiger partial charge in [-0.1, -0.05) is 19.9 Å². The van der Waals surface area contributed by atoms with Gasteiger partial charge in [0.05, 0.1) is 5.92 Å². The monoisotopic (exact) mass is 208 g/mol. The van der Waals surface area contributed by atoms with Gasteiger partial charge >= 0.3 is 5.97 Å². The van der Waals surface area contributed by atoms with Crippen LogP contribution in [0.5, 0.6) is 0 Å². The highest BCUT2D eigenvalue weighted by atomic mass is 16.4. The van der Waals surface area contributed by atoms with Gasteiger partial charge in [0.15, 0.2) is 5.78 Å². The van der Waals surface area contributed by atoms with Gasteiger partial charge in [-0.3, -0.25) is 9.59 Å². The van der Waals surface area contributed by atoms with Gasteiger partial charge < -0.3 is 5.11 Å². The molecule has 3 nitrogen and oxygen atoms in total. The zero-order valence-electron chi connectivity index (χ0n) is 9.06. The van der Waals surface area contributed by atoms with Gasteiger partial charge in [-0.15, -0.1) is 0 Å². The molecule has 2 fully saturated rings. The van der Waals surface area contributed by atoms with Gasteiger partial charge in [0.25, 0.3) is 0 Å². The van der Waals surface area contributed by atoms with Crippen molar-refractivity contribution in [1.29, 1.82) is 0 Å². The Kier molecular flexibility index (Phi) is 2.21. The van der Waals surface area contributed by atoms with Crippen LogP contribution in [-0.2, 0) is 9.59 Å². The van der Waals surface area contributed by atoms with Crippen LogP contribution in [0.2, 0.25) is 0 Å². The number of rotatable bonds is 4. The number of carboxylic acid groups (broad SMARTS) is 1. The molecule has 0 saturated heterocycles. The Hall–Kier alpha value is -1.12. The van der Waals surface area contributed by atoms with Crippen LogP contribution in [0.3, 0.4) is 0 Å². The SMILES string of the molecule is CC1(C)C(/C=C/C(=O)C2CC2)C1C(=O)O. The molecular weight excluding hydrogens is 192 g/mol. The Balaban J connectivity index is 1.96. The van der Waals surface area contributed by atoms with E-state index in [2.05, 4.69) is 0 Å². The van der Waals surface area contributed by atoms with E-state index in [0.717, 1.165) is 12.8 Å². The van der Waals surface area contributed by atoms with Crippen LogP contribution in [0.1, 0.15) is 26.7 Å². The largest absolute Gasteiger partial charge is 0.481 e. The summed E-state index contributed by atoms with van der Waals surface area (Å²) in [5, 5.41) is 8.93. The molecule has 2 unspecified atom stereocenters. The summed E-state index contributed by atoms with van der Waals surface area (Å²) < 4.78 is 0. The molecule has 0 aromatic heterocycles. The molecule has 0 spiro atoms. The number of hydrogen-bond acceptors (Lipinski definition) is 2. The van der Waals surface area contributed by atoms with Crippen molar-refractivity contribution in [2.45, 2.75) is 26.7 Å². The first-order chi connectivity index (χ1) is 6.94. The number of carbonyl (C=O) groups is 2. The minimum atomic E-state index is -0.756. The number of carbonyl (C=O) groups excluding carboxylic acids is 1. The zero-order valence-corrected chi connectivity index (χ0v) is 9.06. The summed E-state index contributed by atoms with van der Waals surface area (Å²) in [6, 6.07) is 0. The summed E-state index contributed by atoms with van der Waals surface area (Å²) in [7, 11) is 0. The molecule has 2 aliphatic rings. The van der Waals surface area contributed by atoms with Gasteiger partial charge in [-0.2, -0.15) is 0 Å². The van der Waals surface area contributed by atoms with E-state index in [1.54, 1.807) is 12.2 Å². The lowest BCUT2D eigenvalue weighted by Gasteiger charge is -1.96. The fraction of sp³-hybridized carbons (Fsp3) is 0.667. The Morgan fingerprint density at radius 2 is 1.93 bits per heavy atom. The van der Waals surface area contributed by atoms with Crippen LogP contribution in [0, 0.1) is 23.2 Å². The van der Waals surface area contributed by atoms with Crippen molar-refractivity contribution < 1.29 is 14.7 Å². The van der Waals surface area contributed by atoms with E-state index in [4.69, 9.17) is 5.11 Å². The third-order valence-electron chi connectivity index (χ3n) is 3.62. The van der Waals surface area contributed by atoms with Crippen molar-refractivity contribution in [3.63, 3.8) is 0 Å². The second-order valence-electron chi connectivity index (χ2n) is 5.20. The molecule has 3 heteroatoms. The summed E-state index contributed by atoms with van der Waals surface area (Å²) in [4.78, 5) is 22.3. The van der Waals surface area contributed by atoms with Gasteiger partial charge in [-0.05, 0) is 30.3 Å². The van der Waals surface area contributed by atoms with Crippen molar-refractivity contribution in [1.82, 2.24) is 0 Å². The van der Waals surface area contributed by atoms with E-state index in [9.17, 15) is 9.59 Å². The fourth-order valence-corrected chi connectivity index (χ4v) is 2.21. The third-order valence-corrected chi connectivity index (χ3v) is 3.62. The standard InChI is InChI=1S/C12H16O3/c1-12(2)8(10(12)11(14)15)5-6-9(13)7-3-4-7/h5-8,10H,3-4H2,1-2H3,(H,14,15)/b6-5+. The summed E-state index contributed by atoms with van der Waals surface area (Å²) in [5.41, 5.74) is -0.188. The highest BCUT2D eigenvalue weighted by Crippen LogP contribution is 2.59. The van der Waals surface area contributed by atoms with E-state index in [1.165, 1.54) is 0 Å². The molecule has 1 N–H and O–H groups in total. The molecule has 2 aliphatic carbocycles. The van der Waals surface area contributed by atoms with Crippen LogP contribution >= 0.6 is 0 Å².